The maximum absolute atomic E-state index is 5.71. The highest BCUT2D eigenvalue weighted by molar-refractivity contribution is 5.58. The Morgan fingerprint density at radius 1 is 0.870 bits per heavy atom. The summed E-state index contributed by atoms with van der Waals surface area (Å²) in [6, 6.07) is 19.1. The van der Waals surface area contributed by atoms with Crippen molar-refractivity contribution in [2.24, 2.45) is 0 Å². The Labute approximate surface area is 132 Å². The van der Waals surface area contributed by atoms with Gasteiger partial charge < -0.3 is 4.74 Å². The van der Waals surface area contributed by atoms with Crippen LogP contribution < -0.4 is 4.74 Å². The van der Waals surface area contributed by atoms with Crippen LogP contribution in [0.3, 0.4) is 0 Å². The third kappa shape index (κ3) is 2.74. The number of benzene rings is 1. The molecular formula is C17H13N5O. The van der Waals surface area contributed by atoms with Crippen molar-refractivity contribution in [3.05, 3.63) is 72.6 Å². The van der Waals surface area contributed by atoms with E-state index in [2.05, 4.69) is 20.3 Å². The molecule has 0 aliphatic rings. The van der Waals surface area contributed by atoms with Crippen molar-refractivity contribution in [1.82, 2.24) is 24.8 Å². The van der Waals surface area contributed by atoms with Crippen LogP contribution in [0.4, 0.5) is 0 Å². The van der Waals surface area contributed by atoms with Gasteiger partial charge >= 0.3 is 0 Å². The standard InChI is InChI=1S/C17H13N5O/c1-2-6-13(7-3-1)17-20-19-15-9-10-16(21-22(15)17)23-12-14-8-4-5-11-18-14/h1-11H,12H2. The average molecular weight is 303 g/mol. The molecular weight excluding hydrogens is 290 g/mol. The zero-order chi connectivity index (χ0) is 15.5. The molecule has 4 aromatic rings. The molecule has 0 unspecified atom stereocenters. The van der Waals surface area contributed by atoms with E-state index in [1.807, 2.05) is 54.6 Å². The quantitative estimate of drug-likeness (QED) is 0.580. The number of fused-ring (bicyclic) bond motifs is 1. The first-order chi connectivity index (χ1) is 11.4. The summed E-state index contributed by atoms with van der Waals surface area (Å²) in [4.78, 5) is 4.23. The number of rotatable bonds is 4. The molecule has 0 atom stereocenters. The normalized spacial score (nSPS) is 10.8. The molecule has 0 bridgehead atoms. The van der Waals surface area contributed by atoms with Gasteiger partial charge in [-0.2, -0.15) is 4.52 Å². The first kappa shape index (κ1) is 13.4. The summed E-state index contributed by atoms with van der Waals surface area (Å²) in [5.74, 6) is 1.18. The van der Waals surface area contributed by atoms with Gasteiger partial charge in [-0.05, 0) is 18.2 Å². The number of nitrogens with zero attached hydrogens (tertiary/aromatic N) is 5. The van der Waals surface area contributed by atoms with Gasteiger partial charge in [-0.3, -0.25) is 4.98 Å². The fourth-order valence-corrected chi connectivity index (χ4v) is 2.25. The molecule has 3 heterocycles. The lowest BCUT2D eigenvalue weighted by Gasteiger charge is -2.05. The van der Waals surface area contributed by atoms with Crippen molar-refractivity contribution in [2.45, 2.75) is 6.61 Å². The van der Waals surface area contributed by atoms with E-state index < -0.39 is 0 Å². The molecule has 6 heteroatoms. The van der Waals surface area contributed by atoms with Gasteiger partial charge in [-0.1, -0.05) is 36.4 Å². The minimum Gasteiger partial charge on any atom is -0.470 e. The van der Waals surface area contributed by atoms with Gasteiger partial charge in [0.05, 0.1) is 5.69 Å². The summed E-state index contributed by atoms with van der Waals surface area (Å²) in [5, 5.41) is 12.8. The van der Waals surface area contributed by atoms with Crippen molar-refractivity contribution in [3.63, 3.8) is 0 Å². The van der Waals surface area contributed by atoms with E-state index in [1.165, 1.54) is 0 Å². The predicted molar refractivity (Wildman–Crippen MR) is 84.8 cm³/mol. The molecule has 0 saturated carbocycles. The van der Waals surface area contributed by atoms with Crippen LogP contribution in [-0.4, -0.2) is 24.8 Å². The smallest absolute Gasteiger partial charge is 0.232 e. The molecule has 0 N–H and O–H groups in total. The maximum atomic E-state index is 5.71. The monoisotopic (exact) mass is 303 g/mol. The fourth-order valence-electron chi connectivity index (χ4n) is 2.25. The van der Waals surface area contributed by atoms with Gasteiger partial charge in [0.2, 0.25) is 5.88 Å². The second kappa shape index (κ2) is 5.84. The van der Waals surface area contributed by atoms with Crippen LogP contribution in [-0.2, 0) is 6.61 Å². The molecule has 23 heavy (non-hydrogen) atoms. The van der Waals surface area contributed by atoms with Crippen LogP contribution in [0.1, 0.15) is 5.69 Å². The van der Waals surface area contributed by atoms with E-state index in [-0.39, 0.29) is 0 Å². The molecule has 4 rings (SSSR count). The molecule has 0 amide bonds. The zero-order valence-corrected chi connectivity index (χ0v) is 12.2. The maximum Gasteiger partial charge on any atom is 0.232 e. The molecule has 0 aliphatic heterocycles. The summed E-state index contributed by atoms with van der Waals surface area (Å²) >= 11 is 0. The Hall–Kier alpha value is -3.28. The highest BCUT2D eigenvalue weighted by atomic mass is 16.5. The van der Waals surface area contributed by atoms with E-state index in [4.69, 9.17) is 4.74 Å². The Kier molecular flexibility index (Phi) is 3.40. The van der Waals surface area contributed by atoms with Gasteiger partial charge in [-0.25, -0.2) is 0 Å². The molecule has 112 valence electrons. The van der Waals surface area contributed by atoms with Gasteiger partial charge in [0.1, 0.15) is 6.61 Å². The Bertz CT molecular complexity index is 922. The van der Waals surface area contributed by atoms with Gasteiger partial charge in [0, 0.05) is 17.8 Å². The lowest BCUT2D eigenvalue weighted by molar-refractivity contribution is 0.285. The lowest BCUT2D eigenvalue weighted by Crippen LogP contribution is -2.02. The Balaban J connectivity index is 1.65. The molecule has 0 aliphatic carbocycles. The van der Waals surface area contributed by atoms with Crippen molar-refractivity contribution >= 4 is 5.65 Å². The van der Waals surface area contributed by atoms with Crippen LogP contribution in [0.2, 0.25) is 0 Å². The minimum atomic E-state index is 0.363. The summed E-state index contributed by atoms with van der Waals surface area (Å²) < 4.78 is 7.39. The van der Waals surface area contributed by atoms with Crippen molar-refractivity contribution in [2.75, 3.05) is 0 Å². The number of aromatic nitrogens is 5. The molecule has 1 aromatic carbocycles. The molecule has 0 spiro atoms. The van der Waals surface area contributed by atoms with Crippen LogP contribution in [0.5, 0.6) is 5.88 Å². The highest BCUT2D eigenvalue weighted by Crippen LogP contribution is 2.18. The number of pyridine rings is 1. The molecule has 0 radical (unpaired) electrons. The van der Waals surface area contributed by atoms with Crippen LogP contribution >= 0.6 is 0 Å². The van der Waals surface area contributed by atoms with Crippen LogP contribution in [0, 0.1) is 0 Å². The first-order valence-corrected chi connectivity index (χ1v) is 7.21. The third-order valence-electron chi connectivity index (χ3n) is 3.36. The molecule has 0 saturated heterocycles. The zero-order valence-electron chi connectivity index (χ0n) is 12.2. The van der Waals surface area contributed by atoms with Crippen molar-refractivity contribution in [3.8, 4) is 17.3 Å². The Morgan fingerprint density at radius 2 is 1.74 bits per heavy atom. The number of ether oxygens (including phenoxy) is 1. The van der Waals surface area contributed by atoms with Gasteiger partial charge in [0.15, 0.2) is 11.5 Å². The predicted octanol–water partition coefficient (Wildman–Crippen LogP) is 2.77. The topological polar surface area (TPSA) is 65.2 Å². The van der Waals surface area contributed by atoms with Gasteiger partial charge in [-0.15, -0.1) is 15.3 Å². The first-order valence-electron chi connectivity index (χ1n) is 7.21. The number of hydrogen-bond donors (Lipinski definition) is 0. The van der Waals surface area contributed by atoms with E-state index in [0.29, 0.717) is 24.0 Å². The summed E-state index contributed by atoms with van der Waals surface area (Å²) in [7, 11) is 0. The summed E-state index contributed by atoms with van der Waals surface area (Å²) in [5.41, 5.74) is 2.48. The molecule has 0 fully saturated rings. The Morgan fingerprint density at radius 3 is 2.57 bits per heavy atom. The molecule has 3 aromatic heterocycles. The van der Waals surface area contributed by atoms with Crippen molar-refractivity contribution < 1.29 is 4.74 Å². The van der Waals surface area contributed by atoms with Crippen molar-refractivity contribution in [1.29, 1.82) is 0 Å². The fraction of sp³-hybridized carbons (Fsp3) is 0.0588. The van der Waals surface area contributed by atoms with E-state index in [0.717, 1.165) is 11.3 Å². The van der Waals surface area contributed by atoms with Crippen LogP contribution in [0.15, 0.2) is 66.9 Å². The summed E-state index contributed by atoms with van der Waals surface area (Å²) in [6.45, 7) is 0.363. The van der Waals surface area contributed by atoms with E-state index >= 15 is 0 Å². The van der Waals surface area contributed by atoms with Crippen LogP contribution in [0.25, 0.3) is 17.0 Å². The minimum absolute atomic E-state index is 0.363. The SMILES string of the molecule is c1ccc(-c2nnc3ccc(OCc4ccccn4)nn23)cc1. The lowest BCUT2D eigenvalue weighted by atomic mass is 10.2. The second-order valence-corrected chi connectivity index (χ2v) is 4.94. The van der Waals surface area contributed by atoms with Gasteiger partial charge in [0.25, 0.3) is 0 Å². The highest BCUT2D eigenvalue weighted by Gasteiger charge is 2.10. The second-order valence-electron chi connectivity index (χ2n) is 4.94. The van der Waals surface area contributed by atoms with E-state index in [9.17, 15) is 0 Å². The van der Waals surface area contributed by atoms with E-state index in [1.54, 1.807) is 16.8 Å². The average Bonchev–Trinajstić information content (AvgIpc) is 3.05. The number of hydrogen-bond acceptors (Lipinski definition) is 5. The third-order valence-corrected chi connectivity index (χ3v) is 3.36. The largest absolute Gasteiger partial charge is 0.470 e. The summed E-state index contributed by atoms with van der Waals surface area (Å²) in [6.07, 6.45) is 1.74. The molecule has 6 nitrogen and oxygen atoms in total.